The summed E-state index contributed by atoms with van der Waals surface area (Å²) < 4.78 is 0. The Bertz CT molecular complexity index is 653. The van der Waals surface area contributed by atoms with Gasteiger partial charge in [0.15, 0.2) is 0 Å². The topological polar surface area (TPSA) is 41.1 Å². The second-order valence-corrected chi connectivity index (χ2v) is 5.12. The van der Waals surface area contributed by atoms with Crippen LogP contribution in [0.4, 0.5) is 11.4 Å². The van der Waals surface area contributed by atoms with Crippen LogP contribution >= 0.6 is 11.6 Å². The van der Waals surface area contributed by atoms with Crippen LogP contribution in [0, 0.1) is 13.8 Å². The van der Waals surface area contributed by atoms with Crippen molar-refractivity contribution in [3.63, 3.8) is 0 Å². The highest BCUT2D eigenvalue weighted by molar-refractivity contribution is 6.31. The first kappa shape index (κ1) is 14.4. The van der Waals surface area contributed by atoms with Gasteiger partial charge in [0, 0.05) is 23.4 Å². The maximum Gasteiger partial charge on any atom is 0.257 e. The third-order valence-electron chi connectivity index (χ3n) is 3.12. The van der Waals surface area contributed by atoms with E-state index in [1.807, 2.05) is 44.2 Å². The molecule has 2 N–H and O–H groups in total. The lowest BCUT2D eigenvalue weighted by Gasteiger charge is -2.11. The van der Waals surface area contributed by atoms with Gasteiger partial charge in [-0.05, 0) is 49.2 Å². The lowest BCUT2D eigenvalue weighted by Crippen LogP contribution is -2.14. The monoisotopic (exact) mass is 288 g/mol. The lowest BCUT2D eigenvalue weighted by molar-refractivity contribution is 0.102. The minimum absolute atomic E-state index is 0.158. The number of halogens is 1. The standard InChI is InChI=1S/C16H17ClN2O/c1-10-4-7-13(15(8-10)18-3)16(20)19-12-6-5-11(2)14(17)9-12/h4-9,18H,1-3H3,(H,19,20). The Balaban J connectivity index is 2.25. The largest absolute Gasteiger partial charge is 0.387 e. The Hall–Kier alpha value is -2.00. The second-order valence-electron chi connectivity index (χ2n) is 4.72. The number of carbonyl (C=O) groups is 1. The third-order valence-corrected chi connectivity index (χ3v) is 3.53. The smallest absolute Gasteiger partial charge is 0.257 e. The molecule has 0 bridgehead atoms. The highest BCUT2D eigenvalue weighted by Gasteiger charge is 2.11. The van der Waals surface area contributed by atoms with E-state index in [2.05, 4.69) is 10.6 Å². The summed E-state index contributed by atoms with van der Waals surface area (Å²) in [6.45, 7) is 3.91. The van der Waals surface area contributed by atoms with Gasteiger partial charge < -0.3 is 10.6 Å². The van der Waals surface area contributed by atoms with Crippen molar-refractivity contribution in [2.24, 2.45) is 0 Å². The van der Waals surface area contributed by atoms with Crippen molar-refractivity contribution in [3.8, 4) is 0 Å². The normalized spacial score (nSPS) is 10.2. The first-order chi connectivity index (χ1) is 9.51. The minimum Gasteiger partial charge on any atom is -0.387 e. The number of hydrogen-bond acceptors (Lipinski definition) is 2. The van der Waals surface area contributed by atoms with E-state index in [0.29, 0.717) is 16.3 Å². The van der Waals surface area contributed by atoms with Crippen LogP contribution in [0.1, 0.15) is 21.5 Å². The molecule has 0 saturated heterocycles. The van der Waals surface area contributed by atoms with Crippen molar-refractivity contribution in [3.05, 3.63) is 58.1 Å². The van der Waals surface area contributed by atoms with Gasteiger partial charge in [-0.25, -0.2) is 0 Å². The van der Waals surface area contributed by atoms with Crippen LogP contribution in [0.5, 0.6) is 0 Å². The summed E-state index contributed by atoms with van der Waals surface area (Å²) in [5.41, 5.74) is 4.18. The molecule has 0 aromatic heterocycles. The number of aryl methyl sites for hydroxylation is 2. The number of benzene rings is 2. The molecule has 0 aliphatic heterocycles. The van der Waals surface area contributed by atoms with Gasteiger partial charge in [-0.1, -0.05) is 23.7 Å². The van der Waals surface area contributed by atoms with Crippen molar-refractivity contribution < 1.29 is 4.79 Å². The second kappa shape index (κ2) is 5.97. The van der Waals surface area contributed by atoms with Crippen molar-refractivity contribution in [2.45, 2.75) is 13.8 Å². The molecule has 0 radical (unpaired) electrons. The van der Waals surface area contributed by atoms with E-state index in [1.54, 1.807) is 13.1 Å². The third kappa shape index (κ3) is 3.11. The Morgan fingerprint density at radius 1 is 1.10 bits per heavy atom. The van der Waals surface area contributed by atoms with Crippen molar-refractivity contribution in [1.29, 1.82) is 0 Å². The lowest BCUT2D eigenvalue weighted by atomic mass is 10.1. The van der Waals surface area contributed by atoms with E-state index < -0.39 is 0 Å². The molecule has 2 aromatic rings. The predicted octanol–water partition coefficient (Wildman–Crippen LogP) is 4.25. The molecule has 104 valence electrons. The maximum atomic E-state index is 12.3. The Morgan fingerprint density at radius 3 is 2.50 bits per heavy atom. The number of nitrogens with one attached hydrogen (secondary N) is 2. The SMILES string of the molecule is CNc1cc(C)ccc1C(=O)Nc1ccc(C)c(Cl)c1. The van der Waals surface area contributed by atoms with E-state index >= 15 is 0 Å². The first-order valence-corrected chi connectivity index (χ1v) is 6.75. The quantitative estimate of drug-likeness (QED) is 0.886. The molecule has 0 unspecified atom stereocenters. The van der Waals surface area contributed by atoms with E-state index in [9.17, 15) is 4.79 Å². The molecule has 0 saturated carbocycles. The van der Waals surface area contributed by atoms with Crippen LogP contribution in [0.25, 0.3) is 0 Å². The van der Waals surface area contributed by atoms with Gasteiger partial charge in [-0.15, -0.1) is 0 Å². The van der Waals surface area contributed by atoms with Gasteiger partial charge in [0.1, 0.15) is 0 Å². The van der Waals surface area contributed by atoms with Crippen molar-refractivity contribution in [2.75, 3.05) is 17.7 Å². The molecule has 0 heterocycles. The van der Waals surface area contributed by atoms with E-state index in [-0.39, 0.29) is 5.91 Å². The van der Waals surface area contributed by atoms with Gasteiger partial charge in [0.05, 0.1) is 5.56 Å². The summed E-state index contributed by atoms with van der Waals surface area (Å²) in [5.74, 6) is -0.158. The predicted molar refractivity (Wildman–Crippen MR) is 84.9 cm³/mol. The minimum atomic E-state index is -0.158. The molecule has 4 heteroatoms. The fraction of sp³-hybridized carbons (Fsp3) is 0.188. The average molecular weight is 289 g/mol. The van der Waals surface area contributed by atoms with Crippen LogP contribution in [-0.2, 0) is 0 Å². The van der Waals surface area contributed by atoms with Crippen LogP contribution in [0.3, 0.4) is 0 Å². The zero-order chi connectivity index (χ0) is 14.7. The molecular formula is C16H17ClN2O. The van der Waals surface area contributed by atoms with Crippen molar-refractivity contribution in [1.82, 2.24) is 0 Å². The zero-order valence-electron chi connectivity index (χ0n) is 11.8. The van der Waals surface area contributed by atoms with Crippen LogP contribution in [-0.4, -0.2) is 13.0 Å². The molecule has 1 amide bonds. The molecule has 3 nitrogen and oxygen atoms in total. The molecule has 2 aromatic carbocycles. The molecule has 20 heavy (non-hydrogen) atoms. The number of rotatable bonds is 3. The van der Waals surface area contributed by atoms with Crippen LogP contribution in [0.2, 0.25) is 5.02 Å². The fourth-order valence-electron chi connectivity index (χ4n) is 1.93. The molecule has 0 aliphatic carbocycles. The summed E-state index contributed by atoms with van der Waals surface area (Å²) in [4.78, 5) is 12.3. The summed E-state index contributed by atoms with van der Waals surface area (Å²) >= 11 is 6.06. The summed E-state index contributed by atoms with van der Waals surface area (Å²) in [6.07, 6.45) is 0. The highest BCUT2D eigenvalue weighted by atomic mass is 35.5. The first-order valence-electron chi connectivity index (χ1n) is 6.37. The number of anilines is 2. The Labute approximate surface area is 124 Å². The molecule has 0 fully saturated rings. The molecule has 2 rings (SSSR count). The van der Waals surface area contributed by atoms with Gasteiger partial charge in [-0.3, -0.25) is 4.79 Å². The fourth-order valence-corrected chi connectivity index (χ4v) is 2.11. The molecule has 0 spiro atoms. The summed E-state index contributed by atoms with van der Waals surface area (Å²) in [5, 5.41) is 6.53. The van der Waals surface area contributed by atoms with Gasteiger partial charge >= 0.3 is 0 Å². The summed E-state index contributed by atoms with van der Waals surface area (Å²) in [7, 11) is 1.80. The van der Waals surface area contributed by atoms with Gasteiger partial charge in [-0.2, -0.15) is 0 Å². The maximum absolute atomic E-state index is 12.3. The number of carbonyl (C=O) groups excluding carboxylic acids is 1. The van der Waals surface area contributed by atoms with E-state index in [0.717, 1.165) is 16.8 Å². The van der Waals surface area contributed by atoms with E-state index in [4.69, 9.17) is 11.6 Å². The molecule has 0 atom stereocenters. The number of hydrogen-bond donors (Lipinski definition) is 2. The van der Waals surface area contributed by atoms with Gasteiger partial charge in [0.25, 0.3) is 5.91 Å². The van der Waals surface area contributed by atoms with Crippen molar-refractivity contribution >= 4 is 28.9 Å². The molecular weight excluding hydrogens is 272 g/mol. The number of amides is 1. The van der Waals surface area contributed by atoms with Crippen LogP contribution < -0.4 is 10.6 Å². The Kier molecular flexibility index (Phi) is 4.30. The highest BCUT2D eigenvalue weighted by Crippen LogP contribution is 2.22. The average Bonchev–Trinajstić information content (AvgIpc) is 2.42. The summed E-state index contributed by atoms with van der Waals surface area (Å²) in [6, 6.07) is 11.1. The Morgan fingerprint density at radius 2 is 1.85 bits per heavy atom. The zero-order valence-corrected chi connectivity index (χ0v) is 12.5. The molecule has 0 aliphatic rings. The van der Waals surface area contributed by atoms with Gasteiger partial charge in [0.2, 0.25) is 0 Å². The van der Waals surface area contributed by atoms with E-state index in [1.165, 1.54) is 0 Å². The van der Waals surface area contributed by atoms with Crippen LogP contribution in [0.15, 0.2) is 36.4 Å².